The molecule has 6 nitrogen and oxygen atoms in total. The van der Waals surface area contributed by atoms with E-state index in [4.69, 9.17) is 15.6 Å². The standard InChI is InChI=1S/C14H20N2O4/c1-8-4-9(2)13(10(3)5-8)20-7-12(18)16-6-11(17)14(15)19/h4-5,11,17H,6-7H2,1-3H3,(H2,15,19)(H,16,18). The highest BCUT2D eigenvalue weighted by molar-refractivity contribution is 5.81. The smallest absolute Gasteiger partial charge is 0.258 e. The summed E-state index contributed by atoms with van der Waals surface area (Å²) in [6.07, 6.45) is -1.39. The number of nitrogens with two attached hydrogens (primary N) is 1. The van der Waals surface area contributed by atoms with Gasteiger partial charge in [0.15, 0.2) is 6.61 Å². The Hall–Kier alpha value is -2.08. The molecule has 4 N–H and O–H groups in total. The summed E-state index contributed by atoms with van der Waals surface area (Å²) >= 11 is 0. The Labute approximate surface area is 117 Å². The highest BCUT2D eigenvalue weighted by Gasteiger charge is 2.13. The van der Waals surface area contributed by atoms with Gasteiger partial charge in [-0.15, -0.1) is 0 Å². The van der Waals surface area contributed by atoms with Gasteiger partial charge < -0.3 is 20.9 Å². The molecule has 6 heteroatoms. The van der Waals surface area contributed by atoms with Crippen LogP contribution in [0.25, 0.3) is 0 Å². The molecule has 110 valence electrons. The molecule has 0 saturated heterocycles. The number of aliphatic hydroxyl groups excluding tert-OH is 1. The van der Waals surface area contributed by atoms with Crippen LogP contribution in [0.1, 0.15) is 16.7 Å². The van der Waals surface area contributed by atoms with Crippen molar-refractivity contribution in [1.82, 2.24) is 5.32 Å². The van der Waals surface area contributed by atoms with Crippen molar-refractivity contribution in [1.29, 1.82) is 0 Å². The Morgan fingerprint density at radius 1 is 1.30 bits per heavy atom. The van der Waals surface area contributed by atoms with Crippen LogP contribution < -0.4 is 15.8 Å². The third-order valence-corrected chi connectivity index (χ3v) is 2.77. The molecule has 0 fully saturated rings. The molecular formula is C14H20N2O4. The van der Waals surface area contributed by atoms with Gasteiger partial charge >= 0.3 is 0 Å². The summed E-state index contributed by atoms with van der Waals surface area (Å²) in [5.74, 6) is -0.637. The first-order chi connectivity index (χ1) is 9.31. The molecule has 0 spiro atoms. The van der Waals surface area contributed by atoms with Crippen LogP contribution >= 0.6 is 0 Å². The van der Waals surface area contributed by atoms with Crippen LogP contribution in [0.2, 0.25) is 0 Å². The fraction of sp³-hybridized carbons (Fsp3) is 0.429. The fourth-order valence-corrected chi connectivity index (χ4v) is 1.89. The fourth-order valence-electron chi connectivity index (χ4n) is 1.89. The molecule has 1 atom stereocenters. The molecule has 1 rings (SSSR count). The normalized spacial score (nSPS) is 11.8. The van der Waals surface area contributed by atoms with E-state index in [0.29, 0.717) is 5.75 Å². The lowest BCUT2D eigenvalue weighted by Gasteiger charge is -2.13. The number of aliphatic hydroxyl groups is 1. The molecule has 0 aromatic heterocycles. The topological polar surface area (TPSA) is 102 Å². The molecule has 0 radical (unpaired) electrons. The van der Waals surface area contributed by atoms with Crippen molar-refractivity contribution in [2.45, 2.75) is 26.9 Å². The quantitative estimate of drug-likeness (QED) is 0.680. The van der Waals surface area contributed by atoms with Gasteiger partial charge in [0.2, 0.25) is 5.91 Å². The van der Waals surface area contributed by atoms with Crippen LogP contribution in [0.15, 0.2) is 12.1 Å². The van der Waals surface area contributed by atoms with Crippen LogP contribution in [-0.2, 0) is 9.59 Å². The molecule has 0 aliphatic heterocycles. The SMILES string of the molecule is Cc1cc(C)c(OCC(=O)NCC(O)C(N)=O)c(C)c1. The molecule has 20 heavy (non-hydrogen) atoms. The van der Waals surface area contributed by atoms with Crippen LogP contribution in [0.5, 0.6) is 5.75 Å². The number of nitrogens with one attached hydrogen (secondary N) is 1. The molecule has 0 saturated carbocycles. The average Bonchev–Trinajstić information content (AvgIpc) is 2.34. The van der Waals surface area contributed by atoms with E-state index in [-0.39, 0.29) is 13.2 Å². The summed E-state index contributed by atoms with van der Waals surface area (Å²) in [6, 6.07) is 3.94. The first-order valence-corrected chi connectivity index (χ1v) is 6.26. The molecular weight excluding hydrogens is 260 g/mol. The number of carbonyl (C=O) groups excluding carboxylic acids is 2. The predicted molar refractivity (Wildman–Crippen MR) is 74.4 cm³/mol. The molecule has 0 aliphatic carbocycles. The first-order valence-electron chi connectivity index (χ1n) is 6.26. The number of primary amides is 1. The Morgan fingerprint density at radius 3 is 2.35 bits per heavy atom. The summed E-state index contributed by atoms with van der Waals surface area (Å²) in [5, 5.41) is 11.5. The van der Waals surface area contributed by atoms with Gasteiger partial charge in [-0.1, -0.05) is 17.7 Å². The lowest BCUT2D eigenvalue weighted by atomic mass is 10.1. The highest BCUT2D eigenvalue weighted by Crippen LogP contribution is 2.24. The number of amides is 2. The summed E-state index contributed by atoms with van der Waals surface area (Å²) in [6.45, 7) is 5.40. The van der Waals surface area contributed by atoms with Gasteiger partial charge in [-0.3, -0.25) is 9.59 Å². The van der Waals surface area contributed by atoms with E-state index in [1.165, 1.54) is 0 Å². The van der Waals surface area contributed by atoms with Crippen LogP contribution in [-0.4, -0.2) is 36.2 Å². The van der Waals surface area contributed by atoms with E-state index in [0.717, 1.165) is 16.7 Å². The number of hydrogen-bond donors (Lipinski definition) is 3. The number of hydrogen-bond acceptors (Lipinski definition) is 4. The van der Waals surface area contributed by atoms with Crippen LogP contribution in [0.3, 0.4) is 0 Å². The minimum atomic E-state index is -1.39. The van der Waals surface area contributed by atoms with E-state index in [9.17, 15) is 9.59 Å². The highest BCUT2D eigenvalue weighted by atomic mass is 16.5. The third-order valence-electron chi connectivity index (χ3n) is 2.77. The monoisotopic (exact) mass is 280 g/mol. The van der Waals surface area contributed by atoms with E-state index >= 15 is 0 Å². The second-order valence-corrected chi connectivity index (χ2v) is 4.74. The second-order valence-electron chi connectivity index (χ2n) is 4.74. The van der Waals surface area contributed by atoms with Gasteiger partial charge in [0.1, 0.15) is 11.9 Å². The maximum atomic E-state index is 11.5. The molecule has 0 bridgehead atoms. The van der Waals surface area contributed by atoms with Crippen molar-refractivity contribution in [3.8, 4) is 5.75 Å². The van der Waals surface area contributed by atoms with Crippen molar-refractivity contribution in [3.63, 3.8) is 0 Å². The summed E-state index contributed by atoms with van der Waals surface area (Å²) < 4.78 is 5.47. The van der Waals surface area contributed by atoms with Gasteiger partial charge in [0.25, 0.3) is 5.91 Å². The summed E-state index contributed by atoms with van der Waals surface area (Å²) in [5.41, 5.74) is 7.90. The van der Waals surface area contributed by atoms with Gasteiger partial charge in [0, 0.05) is 0 Å². The largest absolute Gasteiger partial charge is 0.483 e. The Balaban J connectivity index is 2.51. The molecule has 0 heterocycles. The average molecular weight is 280 g/mol. The van der Waals surface area contributed by atoms with Gasteiger partial charge in [-0.05, 0) is 31.9 Å². The molecule has 1 aromatic rings. The van der Waals surface area contributed by atoms with E-state index in [2.05, 4.69) is 5.32 Å². The minimum absolute atomic E-state index is 0.184. The predicted octanol–water partition coefficient (Wildman–Crippen LogP) is -0.0469. The van der Waals surface area contributed by atoms with Crippen molar-refractivity contribution in [3.05, 3.63) is 28.8 Å². The molecule has 1 unspecified atom stereocenters. The van der Waals surface area contributed by atoms with Crippen molar-refractivity contribution in [2.75, 3.05) is 13.2 Å². The number of carbonyl (C=O) groups is 2. The number of ether oxygens (including phenoxy) is 1. The maximum Gasteiger partial charge on any atom is 0.258 e. The number of aryl methyl sites for hydroxylation is 3. The second kappa shape index (κ2) is 6.91. The molecule has 2 amide bonds. The number of benzene rings is 1. The van der Waals surface area contributed by atoms with Crippen molar-refractivity contribution < 1.29 is 19.4 Å². The Morgan fingerprint density at radius 2 is 1.85 bits per heavy atom. The van der Waals surface area contributed by atoms with Crippen molar-refractivity contribution in [2.24, 2.45) is 5.73 Å². The van der Waals surface area contributed by atoms with Crippen LogP contribution in [0, 0.1) is 20.8 Å². The lowest BCUT2D eigenvalue weighted by molar-refractivity contribution is -0.127. The Bertz CT molecular complexity index is 491. The number of rotatable bonds is 6. The van der Waals surface area contributed by atoms with Gasteiger partial charge in [-0.25, -0.2) is 0 Å². The van der Waals surface area contributed by atoms with E-state index < -0.39 is 17.9 Å². The third kappa shape index (κ3) is 4.55. The maximum absolute atomic E-state index is 11.5. The van der Waals surface area contributed by atoms with Gasteiger partial charge in [0.05, 0.1) is 6.54 Å². The van der Waals surface area contributed by atoms with Crippen LogP contribution in [0.4, 0.5) is 0 Å². The summed E-state index contributed by atoms with van der Waals surface area (Å²) in [4.78, 5) is 22.1. The first kappa shape index (κ1) is 16.0. The van der Waals surface area contributed by atoms with E-state index in [1.807, 2.05) is 32.9 Å². The Kier molecular flexibility index (Phi) is 5.52. The molecule has 1 aromatic carbocycles. The lowest BCUT2D eigenvalue weighted by Crippen LogP contribution is -2.41. The summed E-state index contributed by atoms with van der Waals surface area (Å²) in [7, 11) is 0. The van der Waals surface area contributed by atoms with E-state index in [1.54, 1.807) is 0 Å². The molecule has 0 aliphatic rings. The van der Waals surface area contributed by atoms with Crippen molar-refractivity contribution >= 4 is 11.8 Å². The zero-order valence-electron chi connectivity index (χ0n) is 11.9. The van der Waals surface area contributed by atoms with Gasteiger partial charge in [-0.2, -0.15) is 0 Å². The zero-order valence-corrected chi connectivity index (χ0v) is 11.9. The zero-order chi connectivity index (χ0) is 15.3. The minimum Gasteiger partial charge on any atom is -0.483 e.